The Balaban J connectivity index is 1.53. The van der Waals surface area contributed by atoms with Gasteiger partial charge in [-0.3, -0.25) is 9.59 Å². The molecule has 1 aliphatic heterocycles. The largest absolute Gasteiger partial charge is 0.486 e. The number of hydrogen-bond acceptors (Lipinski definition) is 3. The number of fused-ring (bicyclic) bond motifs is 6. The van der Waals surface area contributed by atoms with E-state index in [2.05, 4.69) is 13.5 Å². The van der Waals surface area contributed by atoms with Crippen LogP contribution in [-0.4, -0.2) is 17.2 Å². The van der Waals surface area contributed by atoms with Gasteiger partial charge in [0.15, 0.2) is 11.4 Å². The van der Waals surface area contributed by atoms with E-state index in [1.165, 1.54) is 11.1 Å². The van der Waals surface area contributed by atoms with Gasteiger partial charge < -0.3 is 4.74 Å². The predicted octanol–water partition coefficient (Wildman–Crippen LogP) is 4.15. The summed E-state index contributed by atoms with van der Waals surface area (Å²) in [5, 5.41) is 0. The van der Waals surface area contributed by atoms with Crippen molar-refractivity contribution in [3.8, 4) is 0 Å². The van der Waals surface area contributed by atoms with E-state index in [4.69, 9.17) is 4.74 Å². The van der Waals surface area contributed by atoms with Crippen molar-refractivity contribution >= 4 is 11.6 Å². The second kappa shape index (κ2) is 4.96. The standard InChI is InChI=1S/C22H26O3/c1-13-12-21(2)18(7-9-22(21)19(24)8-10-25-22)17-5-3-14-11-15(23)4-6-16(14)20(13)17/h8,10-11,16-18,20H,1,3-7,9,12H2,2H3/t16-,17-,18-,20+,21-,22+/m0/s1. The lowest BCUT2D eigenvalue weighted by atomic mass is 9.49. The van der Waals surface area contributed by atoms with E-state index in [1.807, 2.05) is 6.08 Å². The molecule has 3 saturated carbocycles. The number of hydrogen-bond donors (Lipinski definition) is 0. The first-order chi connectivity index (χ1) is 12.0. The maximum absolute atomic E-state index is 12.7. The summed E-state index contributed by atoms with van der Waals surface area (Å²) < 4.78 is 6.01. The van der Waals surface area contributed by atoms with Crippen LogP contribution in [-0.2, 0) is 14.3 Å². The summed E-state index contributed by atoms with van der Waals surface area (Å²) in [6.07, 6.45) is 11.8. The lowest BCUT2D eigenvalue weighted by Gasteiger charge is -2.56. The molecule has 1 spiro atoms. The van der Waals surface area contributed by atoms with Gasteiger partial charge in [-0.15, -0.1) is 0 Å². The molecule has 5 rings (SSSR count). The lowest BCUT2D eigenvalue weighted by Crippen LogP contribution is -2.56. The van der Waals surface area contributed by atoms with Gasteiger partial charge in [-0.25, -0.2) is 0 Å². The normalized spacial score (nSPS) is 48.0. The van der Waals surface area contributed by atoms with E-state index < -0.39 is 5.60 Å². The molecule has 0 N–H and O–H groups in total. The second-order valence-electron chi connectivity index (χ2n) is 9.07. The van der Waals surface area contributed by atoms with Crippen molar-refractivity contribution in [2.24, 2.45) is 29.1 Å². The minimum absolute atomic E-state index is 0.141. The quantitative estimate of drug-likeness (QED) is 0.623. The van der Waals surface area contributed by atoms with Crippen molar-refractivity contribution in [3.05, 3.63) is 36.1 Å². The number of carbonyl (C=O) groups is 2. The highest BCUT2D eigenvalue weighted by molar-refractivity contribution is 5.99. The van der Waals surface area contributed by atoms with Crippen molar-refractivity contribution in [2.45, 2.75) is 57.5 Å². The summed E-state index contributed by atoms with van der Waals surface area (Å²) in [7, 11) is 0. The van der Waals surface area contributed by atoms with E-state index in [9.17, 15) is 9.59 Å². The molecule has 0 aromatic carbocycles. The van der Waals surface area contributed by atoms with Crippen LogP contribution in [0.4, 0.5) is 0 Å². The van der Waals surface area contributed by atoms with Crippen LogP contribution in [0.25, 0.3) is 0 Å². The first-order valence-electron chi connectivity index (χ1n) is 9.76. The first kappa shape index (κ1) is 15.6. The number of allylic oxidation sites excluding steroid dienone is 2. The fraction of sp³-hybridized carbons (Fsp3) is 0.636. The van der Waals surface area contributed by atoms with E-state index in [0.29, 0.717) is 35.9 Å². The molecule has 5 aliphatic rings. The van der Waals surface area contributed by atoms with Crippen molar-refractivity contribution < 1.29 is 14.3 Å². The van der Waals surface area contributed by atoms with Crippen LogP contribution in [0.2, 0.25) is 0 Å². The Bertz CT molecular complexity index is 744. The molecule has 4 aliphatic carbocycles. The Morgan fingerprint density at radius 1 is 1.20 bits per heavy atom. The van der Waals surface area contributed by atoms with Gasteiger partial charge in [0.25, 0.3) is 0 Å². The zero-order valence-electron chi connectivity index (χ0n) is 14.9. The summed E-state index contributed by atoms with van der Waals surface area (Å²) in [6.45, 7) is 6.76. The highest BCUT2D eigenvalue weighted by Gasteiger charge is 2.68. The number of ether oxygens (including phenoxy) is 1. The number of carbonyl (C=O) groups excluding carboxylic acids is 2. The molecule has 0 unspecified atom stereocenters. The van der Waals surface area contributed by atoms with Crippen molar-refractivity contribution in [1.82, 2.24) is 0 Å². The van der Waals surface area contributed by atoms with Gasteiger partial charge in [-0.1, -0.05) is 24.6 Å². The molecular formula is C22H26O3. The van der Waals surface area contributed by atoms with Crippen molar-refractivity contribution in [1.29, 1.82) is 0 Å². The van der Waals surface area contributed by atoms with E-state index >= 15 is 0 Å². The fourth-order valence-electron chi connectivity index (χ4n) is 7.20. The maximum Gasteiger partial charge on any atom is 0.202 e. The molecule has 0 bridgehead atoms. The van der Waals surface area contributed by atoms with Crippen LogP contribution in [0.1, 0.15) is 51.9 Å². The lowest BCUT2D eigenvalue weighted by molar-refractivity contribution is -0.147. The molecule has 3 nitrogen and oxygen atoms in total. The van der Waals surface area contributed by atoms with E-state index in [1.54, 1.807) is 12.3 Å². The molecule has 3 heteroatoms. The number of ketones is 2. The van der Waals surface area contributed by atoms with Gasteiger partial charge in [0, 0.05) is 17.9 Å². The Labute approximate surface area is 149 Å². The summed E-state index contributed by atoms with van der Waals surface area (Å²) in [5.74, 6) is 2.55. The highest BCUT2D eigenvalue weighted by atomic mass is 16.5. The third-order valence-corrected chi connectivity index (χ3v) is 8.20. The van der Waals surface area contributed by atoms with Crippen LogP contribution in [0.5, 0.6) is 0 Å². The average molecular weight is 338 g/mol. The summed E-state index contributed by atoms with van der Waals surface area (Å²) in [4.78, 5) is 24.5. The SMILES string of the molecule is C=C1C[C@@]2(C)[C@@H](CC[C@]23OC=CC3=O)[C@@H]2CCC3=CC(=O)CC[C@@H]3[C@@H]12. The average Bonchev–Trinajstić information content (AvgIpc) is 3.09. The van der Waals surface area contributed by atoms with Crippen LogP contribution in [0.3, 0.4) is 0 Å². The van der Waals surface area contributed by atoms with Crippen LogP contribution in [0.15, 0.2) is 36.1 Å². The van der Waals surface area contributed by atoms with Gasteiger partial charge in [-0.2, -0.15) is 0 Å². The van der Waals surface area contributed by atoms with E-state index in [0.717, 1.165) is 38.5 Å². The Morgan fingerprint density at radius 3 is 2.80 bits per heavy atom. The van der Waals surface area contributed by atoms with Gasteiger partial charge in [0.05, 0.1) is 6.26 Å². The smallest absolute Gasteiger partial charge is 0.202 e. The monoisotopic (exact) mass is 338 g/mol. The topological polar surface area (TPSA) is 43.4 Å². The Morgan fingerprint density at radius 2 is 2.04 bits per heavy atom. The van der Waals surface area contributed by atoms with E-state index in [-0.39, 0.29) is 11.2 Å². The molecule has 0 aromatic rings. The third kappa shape index (κ3) is 1.82. The highest BCUT2D eigenvalue weighted by Crippen LogP contribution is 2.67. The van der Waals surface area contributed by atoms with Crippen molar-refractivity contribution in [3.63, 3.8) is 0 Å². The molecule has 6 atom stereocenters. The minimum Gasteiger partial charge on any atom is -0.486 e. The molecule has 3 fully saturated rings. The zero-order valence-corrected chi connectivity index (χ0v) is 14.9. The Hall–Kier alpha value is -1.64. The molecule has 0 radical (unpaired) electrons. The molecule has 0 aromatic heterocycles. The molecule has 0 amide bonds. The van der Waals surface area contributed by atoms with Gasteiger partial charge in [0.2, 0.25) is 5.78 Å². The minimum atomic E-state index is -0.649. The van der Waals surface area contributed by atoms with Gasteiger partial charge in [0.1, 0.15) is 0 Å². The first-order valence-corrected chi connectivity index (χ1v) is 9.76. The summed E-state index contributed by atoms with van der Waals surface area (Å²) in [5.41, 5.74) is 1.87. The van der Waals surface area contributed by atoms with Gasteiger partial charge in [-0.05, 0) is 68.3 Å². The third-order valence-electron chi connectivity index (χ3n) is 8.20. The molecule has 1 heterocycles. The summed E-state index contributed by atoms with van der Waals surface area (Å²) >= 11 is 0. The fourth-order valence-corrected chi connectivity index (χ4v) is 7.20. The molecule has 132 valence electrons. The molecule has 25 heavy (non-hydrogen) atoms. The Kier molecular flexibility index (Phi) is 3.09. The zero-order chi connectivity index (χ0) is 17.4. The van der Waals surface area contributed by atoms with Crippen LogP contribution < -0.4 is 0 Å². The molecule has 0 saturated heterocycles. The van der Waals surface area contributed by atoms with Crippen LogP contribution >= 0.6 is 0 Å². The predicted molar refractivity (Wildman–Crippen MR) is 94.6 cm³/mol. The van der Waals surface area contributed by atoms with Crippen LogP contribution in [0, 0.1) is 29.1 Å². The maximum atomic E-state index is 12.7. The molecular weight excluding hydrogens is 312 g/mol. The summed E-state index contributed by atoms with van der Waals surface area (Å²) in [6, 6.07) is 0. The van der Waals surface area contributed by atoms with Crippen molar-refractivity contribution in [2.75, 3.05) is 0 Å². The van der Waals surface area contributed by atoms with Gasteiger partial charge >= 0.3 is 0 Å². The second-order valence-corrected chi connectivity index (χ2v) is 9.07. The number of rotatable bonds is 0.